The van der Waals surface area contributed by atoms with E-state index in [9.17, 15) is 17.2 Å². The van der Waals surface area contributed by atoms with E-state index in [1.807, 2.05) is 30.3 Å². The monoisotopic (exact) mass is 424 g/mol. The lowest BCUT2D eigenvalue weighted by molar-refractivity contribution is 0.344. The fraction of sp³-hybridized carbons (Fsp3) is 0.316. The lowest BCUT2D eigenvalue weighted by Crippen LogP contribution is -2.39. The van der Waals surface area contributed by atoms with Crippen molar-refractivity contribution in [3.63, 3.8) is 0 Å². The first-order valence-electron chi connectivity index (χ1n) is 8.76. The average Bonchev–Trinajstić information content (AvgIpc) is 3.11. The Morgan fingerprint density at radius 3 is 2.68 bits per heavy atom. The molecule has 1 fully saturated rings. The number of halogens is 2. The molecule has 0 bridgehead atoms. The summed E-state index contributed by atoms with van der Waals surface area (Å²) < 4.78 is 57.4. The fourth-order valence-corrected chi connectivity index (χ4v) is 6.18. The van der Waals surface area contributed by atoms with Crippen LogP contribution in [0, 0.1) is 11.6 Å². The number of para-hydroxylation sites is 1. The summed E-state index contributed by atoms with van der Waals surface area (Å²) in [4.78, 5) is 6.12. The number of thioether (sulfide) groups is 1. The maximum absolute atomic E-state index is 14.4. The number of rotatable bonds is 5. The van der Waals surface area contributed by atoms with Gasteiger partial charge in [0, 0.05) is 11.8 Å². The third-order valence-corrected chi connectivity index (χ3v) is 7.23. The lowest BCUT2D eigenvalue weighted by atomic mass is 10.1. The Bertz CT molecular complexity index is 999. The topological polar surface area (TPSA) is 59.0 Å². The molecule has 28 heavy (non-hydrogen) atoms. The standard InChI is InChI=1S/C19H18F2N2O3S2/c20-13-6-7-17(15(21)10-13)23-18-12-28(24,25)11-16(18)22-19(23)27-9-8-26-14-4-2-1-3-5-14/h1-7,10,16,18H,8-9,11-12H2/t16-,18+/m1/s1. The molecule has 2 aromatic rings. The maximum atomic E-state index is 14.4. The highest BCUT2D eigenvalue weighted by Gasteiger charge is 2.47. The number of hydrogen-bond acceptors (Lipinski definition) is 6. The summed E-state index contributed by atoms with van der Waals surface area (Å²) in [5.74, 6) is -0.262. The SMILES string of the molecule is O=S1(=O)C[C@H]2N=C(SCCOc3ccccc3)N(c3ccc(F)cc3F)[C@H]2C1. The molecule has 2 aliphatic rings. The van der Waals surface area contributed by atoms with E-state index in [1.54, 1.807) is 4.90 Å². The summed E-state index contributed by atoms with van der Waals surface area (Å²) in [5, 5.41) is 0.534. The summed E-state index contributed by atoms with van der Waals surface area (Å²) in [6.07, 6.45) is 0. The third kappa shape index (κ3) is 4.00. The van der Waals surface area contributed by atoms with Crippen LogP contribution >= 0.6 is 11.8 Å². The highest BCUT2D eigenvalue weighted by atomic mass is 32.2. The third-order valence-electron chi connectivity index (χ3n) is 4.60. The van der Waals surface area contributed by atoms with Crippen LogP contribution in [0.3, 0.4) is 0 Å². The van der Waals surface area contributed by atoms with Gasteiger partial charge in [-0.1, -0.05) is 30.0 Å². The van der Waals surface area contributed by atoms with Gasteiger partial charge < -0.3 is 9.64 Å². The molecule has 148 valence electrons. The van der Waals surface area contributed by atoms with Gasteiger partial charge in [0.1, 0.15) is 17.4 Å². The Kier molecular flexibility index (Phi) is 5.29. The minimum Gasteiger partial charge on any atom is -0.493 e. The Hall–Kier alpha value is -2.13. The van der Waals surface area contributed by atoms with Crippen LogP contribution in [0.4, 0.5) is 14.5 Å². The molecule has 4 rings (SSSR count). The number of nitrogens with zero attached hydrogens (tertiary/aromatic N) is 2. The fourth-order valence-electron chi connectivity index (χ4n) is 3.40. The van der Waals surface area contributed by atoms with Crippen molar-refractivity contribution < 1.29 is 21.9 Å². The van der Waals surface area contributed by atoms with Gasteiger partial charge in [-0.15, -0.1) is 0 Å². The quantitative estimate of drug-likeness (QED) is 0.691. The second kappa shape index (κ2) is 7.71. The van der Waals surface area contributed by atoms with Crippen molar-refractivity contribution in [1.29, 1.82) is 0 Å². The number of fused-ring (bicyclic) bond motifs is 1. The molecule has 2 aliphatic heterocycles. The number of ether oxygens (including phenoxy) is 1. The van der Waals surface area contributed by atoms with Gasteiger partial charge in [0.05, 0.1) is 35.9 Å². The average molecular weight is 424 g/mol. The molecule has 0 radical (unpaired) electrons. The molecule has 0 N–H and O–H groups in total. The van der Waals surface area contributed by atoms with Crippen molar-refractivity contribution in [2.45, 2.75) is 12.1 Å². The molecule has 0 spiro atoms. The zero-order valence-electron chi connectivity index (χ0n) is 14.8. The van der Waals surface area contributed by atoms with E-state index >= 15 is 0 Å². The number of aliphatic imine (C=N–C) groups is 1. The molecule has 1 saturated heterocycles. The van der Waals surface area contributed by atoms with E-state index in [2.05, 4.69) is 4.99 Å². The van der Waals surface area contributed by atoms with Crippen molar-refractivity contribution in [1.82, 2.24) is 0 Å². The van der Waals surface area contributed by atoms with Gasteiger partial charge in [-0.05, 0) is 24.3 Å². The Morgan fingerprint density at radius 1 is 1.14 bits per heavy atom. The minimum absolute atomic E-state index is 0.0540. The smallest absolute Gasteiger partial charge is 0.164 e. The summed E-state index contributed by atoms with van der Waals surface area (Å²) in [7, 11) is -3.23. The zero-order valence-corrected chi connectivity index (χ0v) is 16.4. The molecule has 0 unspecified atom stereocenters. The van der Waals surface area contributed by atoms with Crippen molar-refractivity contribution >= 4 is 32.5 Å². The van der Waals surface area contributed by atoms with Crippen molar-refractivity contribution in [3.05, 3.63) is 60.2 Å². The second-order valence-corrected chi connectivity index (χ2v) is 9.81. The second-order valence-electron chi connectivity index (χ2n) is 6.60. The number of hydrogen-bond donors (Lipinski definition) is 0. The van der Waals surface area contributed by atoms with E-state index in [-0.39, 0.29) is 17.2 Å². The van der Waals surface area contributed by atoms with Crippen molar-refractivity contribution in [2.75, 3.05) is 28.8 Å². The number of amidine groups is 1. The predicted molar refractivity (Wildman–Crippen MR) is 107 cm³/mol. The van der Waals surface area contributed by atoms with Crippen LogP contribution in [0.25, 0.3) is 0 Å². The minimum atomic E-state index is -3.23. The normalized spacial score (nSPS) is 22.8. The molecule has 0 amide bonds. The van der Waals surface area contributed by atoms with Gasteiger partial charge in [0.25, 0.3) is 0 Å². The van der Waals surface area contributed by atoms with Crippen LogP contribution in [0.2, 0.25) is 0 Å². The van der Waals surface area contributed by atoms with Gasteiger partial charge >= 0.3 is 0 Å². The van der Waals surface area contributed by atoms with E-state index in [4.69, 9.17) is 4.74 Å². The molecule has 0 aromatic heterocycles. The van der Waals surface area contributed by atoms with E-state index in [1.165, 1.54) is 17.8 Å². The molecule has 5 nitrogen and oxygen atoms in total. The first-order chi connectivity index (χ1) is 13.4. The summed E-state index contributed by atoms with van der Waals surface area (Å²) >= 11 is 1.37. The summed E-state index contributed by atoms with van der Waals surface area (Å²) in [6, 6.07) is 11.7. The van der Waals surface area contributed by atoms with Crippen LogP contribution in [-0.2, 0) is 9.84 Å². The predicted octanol–water partition coefficient (Wildman–Crippen LogP) is 3.12. The van der Waals surface area contributed by atoms with Crippen LogP contribution in [0.1, 0.15) is 0 Å². The van der Waals surface area contributed by atoms with Gasteiger partial charge in [0.15, 0.2) is 15.0 Å². The number of sulfone groups is 1. The Labute approximate surface area is 166 Å². The van der Waals surface area contributed by atoms with Gasteiger partial charge in [0.2, 0.25) is 0 Å². The molecule has 2 atom stereocenters. The van der Waals surface area contributed by atoms with Crippen LogP contribution in [0.5, 0.6) is 5.75 Å². The first kappa shape index (κ1) is 19.2. The number of anilines is 1. The molecular weight excluding hydrogens is 406 g/mol. The van der Waals surface area contributed by atoms with Gasteiger partial charge in [-0.2, -0.15) is 0 Å². The van der Waals surface area contributed by atoms with E-state index in [0.29, 0.717) is 17.5 Å². The largest absolute Gasteiger partial charge is 0.493 e. The van der Waals surface area contributed by atoms with Crippen LogP contribution in [-0.4, -0.2) is 49.5 Å². The Balaban J connectivity index is 1.50. The molecule has 9 heteroatoms. The lowest BCUT2D eigenvalue weighted by Gasteiger charge is -2.26. The number of benzene rings is 2. The van der Waals surface area contributed by atoms with Crippen molar-refractivity contribution in [3.8, 4) is 5.75 Å². The summed E-state index contributed by atoms with van der Waals surface area (Å²) in [5.41, 5.74) is 0.140. The molecular formula is C19H18F2N2O3S2. The van der Waals surface area contributed by atoms with E-state index < -0.39 is 33.6 Å². The Morgan fingerprint density at radius 2 is 1.93 bits per heavy atom. The van der Waals surface area contributed by atoms with Gasteiger partial charge in [-0.3, -0.25) is 4.99 Å². The summed E-state index contributed by atoms with van der Waals surface area (Å²) in [6.45, 7) is 0.418. The van der Waals surface area contributed by atoms with Crippen LogP contribution in [0.15, 0.2) is 53.5 Å². The van der Waals surface area contributed by atoms with Crippen molar-refractivity contribution in [2.24, 2.45) is 4.99 Å². The van der Waals surface area contributed by atoms with E-state index in [0.717, 1.165) is 17.9 Å². The molecule has 0 aliphatic carbocycles. The molecule has 2 aromatic carbocycles. The maximum Gasteiger partial charge on any atom is 0.164 e. The molecule has 2 heterocycles. The highest BCUT2D eigenvalue weighted by molar-refractivity contribution is 8.14. The zero-order chi connectivity index (χ0) is 19.7. The first-order valence-corrected chi connectivity index (χ1v) is 11.6. The van der Waals surface area contributed by atoms with Gasteiger partial charge in [-0.25, -0.2) is 17.2 Å². The highest BCUT2D eigenvalue weighted by Crippen LogP contribution is 2.36. The molecule has 0 saturated carbocycles. The van der Waals surface area contributed by atoms with Crippen LogP contribution < -0.4 is 9.64 Å².